The molecular weight excluding hydrogens is 272 g/mol. The maximum absolute atomic E-state index is 12.1. The van der Waals surface area contributed by atoms with Crippen molar-refractivity contribution in [3.8, 4) is 0 Å². The van der Waals surface area contributed by atoms with Crippen LogP contribution in [0, 0.1) is 10.1 Å². The third kappa shape index (κ3) is 3.39. The molecule has 0 spiro atoms. The Labute approximate surface area is 114 Å². The highest BCUT2D eigenvalue weighted by molar-refractivity contribution is 6.29. The molecule has 1 aliphatic heterocycles. The van der Waals surface area contributed by atoms with Crippen molar-refractivity contribution in [3.05, 3.63) is 33.1 Å². The molecule has 0 unspecified atom stereocenters. The lowest BCUT2D eigenvalue weighted by Crippen LogP contribution is -2.45. The summed E-state index contributed by atoms with van der Waals surface area (Å²) in [6.07, 6.45) is 2.81. The summed E-state index contributed by atoms with van der Waals surface area (Å²) in [5.74, 6) is -0.496. The Balaban J connectivity index is 2.17. The number of rotatable bonds is 3. The molecule has 2 heterocycles. The van der Waals surface area contributed by atoms with Crippen LogP contribution in [0.15, 0.2) is 12.3 Å². The molecule has 1 aliphatic rings. The highest BCUT2D eigenvalue weighted by atomic mass is 35.5. The van der Waals surface area contributed by atoms with Gasteiger partial charge in [0.2, 0.25) is 0 Å². The van der Waals surface area contributed by atoms with Crippen LogP contribution < -0.4 is 10.6 Å². The number of piperidine rings is 1. The number of nitro groups is 1. The number of aromatic nitrogens is 1. The zero-order chi connectivity index (χ0) is 13.8. The fraction of sp³-hybridized carbons (Fsp3) is 0.455. The Hall–Kier alpha value is -1.73. The fourth-order valence-corrected chi connectivity index (χ4v) is 2.15. The average Bonchev–Trinajstić information content (AvgIpc) is 2.39. The lowest BCUT2D eigenvalue weighted by atomic mass is 10.1. The summed E-state index contributed by atoms with van der Waals surface area (Å²) < 4.78 is 0. The maximum atomic E-state index is 12.1. The maximum Gasteiger partial charge on any atom is 0.300 e. The van der Waals surface area contributed by atoms with Gasteiger partial charge in [0.05, 0.1) is 4.92 Å². The first-order valence-corrected chi connectivity index (χ1v) is 6.27. The van der Waals surface area contributed by atoms with Gasteiger partial charge in [-0.05, 0) is 25.5 Å². The molecule has 0 saturated carbocycles. The van der Waals surface area contributed by atoms with E-state index in [-0.39, 0.29) is 22.4 Å². The van der Waals surface area contributed by atoms with Crippen LogP contribution in [0.4, 0.5) is 5.69 Å². The molecule has 0 aliphatic carbocycles. The fourth-order valence-electron chi connectivity index (χ4n) is 1.99. The molecular formula is C11H13ClN4O3. The van der Waals surface area contributed by atoms with Crippen molar-refractivity contribution >= 4 is 23.2 Å². The van der Waals surface area contributed by atoms with E-state index in [4.69, 9.17) is 11.6 Å². The van der Waals surface area contributed by atoms with Crippen LogP contribution in [0.3, 0.4) is 0 Å². The van der Waals surface area contributed by atoms with Gasteiger partial charge in [-0.1, -0.05) is 11.6 Å². The quantitative estimate of drug-likeness (QED) is 0.492. The molecule has 1 atom stereocenters. The lowest BCUT2D eigenvalue weighted by molar-refractivity contribution is -0.385. The first kappa shape index (κ1) is 13.7. The van der Waals surface area contributed by atoms with Crippen LogP contribution in [-0.4, -0.2) is 34.9 Å². The second-order valence-corrected chi connectivity index (χ2v) is 4.69. The molecule has 0 aromatic carbocycles. The second-order valence-electron chi connectivity index (χ2n) is 4.30. The van der Waals surface area contributed by atoms with Crippen molar-refractivity contribution in [3.63, 3.8) is 0 Å². The molecule has 2 rings (SSSR count). The van der Waals surface area contributed by atoms with Crippen LogP contribution in [0.5, 0.6) is 0 Å². The van der Waals surface area contributed by atoms with Gasteiger partial charge in [0.15, 0.2) is 0 Å². The van der Waals surface area contributed by atoms with Gasteiger partial charge in [-0.2, -0.15) is 0 Å². The van der Waals surface area contributed by atoms with Crippen LogP contribution in [-0.2, 0) is 0 Å². The molecule has 1 amide bonds. The van der Waals surface area contributed by atoms with E-state index in [0.717, 1.165) is 25.6 Å². The minimum Gasteiger partial charge on any atom is -0.348 e. The Morgan fingerprint density at radius 3 is 3.05 bits per heavy atom. The number of nitrogens with zero attached hydrogens (tertiary/aromatic N) is 2. The van der Waals surface area contributed by atoms with Crippen molar-refractivity contribution in [1.29, 1.82) is 0 Å². The van der Waals surface area contributed by atoms with Crippen molar-refractivity contribution in [2.45, 2.75) is 18.9 Å². The molecule has 1 saturated heterocycles. The smallest absolute Gasteiger partial charge is 0.300 e. The molecule has 7 nitrogen and oxygen atoms in total. The summed E-state index contributed by atoms with van der Waals surface area (Å²) in [4.78, 5) is 25.9. The number of pyridine rings is 1. The largest absolute Gasteiger partial charge is 0.348 e. The zero-order valence-corrected chi connectivity index (χ0v) is 10.8. The normalized spacial score (nSPS) is 18.9. The van der Waals surface area contributed by atoms with E-state index in [1.165, 1.54) is 6.07 Å². The van der Waals surface area contributed by atoms with E-state index in [0.29, 0.717) is 6.54 Å². The van der Waals surface area contributed by atoms with Gasteiger partial charge in [-0.15, -0.1) is 0 Å². The number of halogens is 1. The highest BCUT2D eigenvalue weighted by Gasteiger charge is 2.24. The first-order chi connectivity index (χ1) is 9.08. The average molecular weight is 285 g/mol. The Morgan fingerprint density at radius 1 is 1.63 bits per heavy atom. The van der Waals surface area contributed by atoms with E-state index in [1.807, 2.05) is 0 Å². The number of nitrogens with one attached hydrogen (secondary N) is 2. The Kier molecular flexibility index (Phi) is 4.28. The SMILES string of the molecule is O=C(N[C@H]1CCCNC1)c1cc(Cl)ncc1[N+](=O)[O-]. The van der Waals surface area contributed by atoms with E-state index in [1.54, 1.807) is 0 Å². The van der Waals surface area contributed by atoms with E-state index in [2.05, 4.69) is 15.6 Å². The van der Waals surface area contributed by atoms with Gasteiger partial charge in [0, 0.05) is 12.6 Å². The van der Waals surface area contributed by atoms with Gasteiger partial charge in [-0.25, -0.2) is 4.98 Å². The monoisotopic (exact) mass is 284 g/mol. The van der Waals surface area contributed by atoms with E-state index in [9.17, 15) is 14.9 Å². The lowest BCUT2D eigenvalue weighted by Gasteiger charge is -2.23. The van der Waals surface area contributed by atoms with Crippen molar-refractivity contribution in [2.75, 3.05) is 13.1 Å². The third-order valence-corrected chi connectivity index (χ3v) is 3.13. The highest BCUT2D eigenvalue weighted by Crippen LogP contribution is 2.20. The van der Waals surface area contributed by atoms with Gasteiger partial charge >= 0.3 is 0 Å². The van der Waals surface area contributed by atoms with E-state index >= 15 is 0 Å². The summed E-state index contributed by atoms with van der Waals surface area (Å²) in [6.45, 7) is 1.59. The summed E-state index contributed by atoms with van der Waals surface area (Å²) in [5, 5.41) is 16.8. The third-order valence-electron chi connectivity index (χ3n) is 2.92. The number of carbonyl (C=O) groups is 1. The Morgan fingerprint density at radius 2 is 2.42 bits per heavy atom. The number of hydrogen-bond donors (Lipinski definition) is 2. The van der Waals surface area contributed by atoms with Crippen LogP contribution >= 0.6 is 11.6 Å². The number of carbonyl (C=O) groups excluding carboxylic acids is 1. The summed E-state index contributed by atoms with van der Waals surface area (Å²) in [6, 6.07) is 1.19. The standard InChI is InChI=1S/C11H13ClN4O3/c12-10-4-8(9(6-14-10)16(18)19)11(17)15-7-2-1-3-13-5-7/h4,6-7,13H,1-3,5H2,(H,15,17)/t7-/m0/s1. The predicted molar refractivity (Wildman–Crippen MR) is 69.3 cm³/mol. The summed E-state index contributed by atoms with van der Waals surface area (Å²) in [5.41, 5.74) is -0.402. The molecule has 19 heavy (non-hydrogen) atoms. The van der Waals surface area contributed by atoms with Gasteiger partial charge < -0.3 is 10.6 Å². The van der Waals surface area contributed by atoms with E-state index < -0.39 is 10.8 Å². The van der Waals surface area contributed by atoms with Crippen molar-refractivity contribution in [1.82, 2.24) is 15.6 Å². The molecule has 1 aromatic heterocycles. The number of amides is 1. The minimum absolute atomic E-state index is 0.0206. The van der Waals surface area contributed by atoms with Crippen LogP contribution in [0.25, 0.3) is 0 Å². The summed E-state index contributed by atoms with van der Waals surface area (Å²) in [7, 11) is 0. The Bertz CT molecular complexity index is 503. The molecule has 2 N–H and O–H groups in total. The molecule has 0 bridgehead atoms. The minimum atomic E-state index is -0.642. The van der Waals surface area contributed by atoms with Crippen molar-refractivity contribution < 1.29 is 9.72 Å². The first-order valence-electron chi connectivity index (χ1n) is 5.89. The molecule has 0 radical (unpaired) electrons. The topological polar surface area (TPSA) is 97.2 Å². The molecule has 8 heteroatoms. The predicted octanol–water partition coefficient (Wildman–Crippen LogP) is 1.12. The van der Waals surface area contributed by atoms with Crippen LogP contribution in [0.2, 0.25) is 5.15 Å². The number of hydrogen-bond acceptors (Lipinski definition) is 5. The van der Waals surface area contributed by atoms with Gasteiger partial charge in [0.25, 0.3) is 11.6 Å². The zero-order valence-electron chi connectivity index (χ0n) is 10.1. The molecule has 1 aromatic rings. The second kappa shape index (κ2) is 5.94. The molecule has 1 fully saturated rings. The molecule has 102 valence electrons. The van der Waals surface area contributed by atoms with Gasteiger partial charge in [0.1, 0.15) is 16.9 Å². The van der Waals surface area contributed by atoms with Gasteiger partial charge in [-0.3, -0.25) is 14.9 Å². The van der Waals surface area contributed by atoms with Crippen LogP contribution in [0.1, 0.15) is 23.2 Å². The van der Waals surface area contributed by atoms with Crippen molar-refractivity contribution in [2.24, 2.45) is 0 Å². The summed E-state index contributed by atoms with van der Waals surface area (Å²) >= 11 is 5.68.